The molecule has 9 heteroatoms. The maximum Gasteiger partial charge on any atom is 0.407 e. The summed E-state index contributed by atoms with van der Waals surface area (Å²) in [4.78, 5) is 25.1. The molecular formula is C26H33N7O2. The molecule has 9 nitrogen and oxygen atoms in total. The van der Waals surface area contributed by atoms with Crippen molar-refractivity contribution in [1.82, 2.24) is 24.8 Å². The zero-order chi connectivity index (χ0) is 25.3. The Kier molecular flexibility index (Phi) is 6.68. The summed E-state index contributed by atoms with van der Waals surface area (Å²) in [6.07, 6.45) is 3.98. The van der Waals surface area contributed by atoms with E-state index in [2.05, 4.69) is 50.2 Å². The van der Waals surface area contributed by atoms with E-state index in [0.717, 1.165) is 40.1 Å². The van der Waals surface area contributed by atoms with Gasteiger partial charge in [0.15, 0.2) is 0 Å². The summed E-state index contributed by atoms with van der Waals surface area (Å²) < 4.78 is 7.31. The van der Waals surface area contributed by atoms with Crippen molar-refractivity contribution in [3.05, 3.63) is 47.9 Å². The standard InChI is InChI=1S/C26H33N7O2/c1-7-17-10-18(23(12-27)33-14-19(15-33)30-25(34)35-26(2,3)4)8-9-21(17)32(6)24-11-22-20(13-28-24)29-16-31(22)5/h8-11,13,16,19,23H,7,14-15H2,1-6H3,(H,30,34). The van der Waals surface area contributed by atoms with Crippen molar-refractivity contribution in [2.75, 3.05) is 25.0 Å². The van der Waals surface area contributed by atoms with Crippen LogP contribution < -0.4 is 10.2 Å². The number of hydrogen-bond donors (Lipinski definition) is 1. The van der Waals surface area contributed by atoms with Crippen LogP contribution in [0.25, 0.3) is 11.0 Å². The number of nitrogens with zero attached hydrogens (tertiary/aromatic N) is 6. The molecular weight excluding hydrogens is 442 g/mol. The molecule has 3 heterocycles. The third kappa shape index (κ3) is 5.23. The summed E-state index contributed by atoms with van der Waals surface area (Å²) in [7, 11) is 3.97. The minimum absolute atomic E-state index is 0.0234. The highest BCUT2D eigenvalue weighted by molar-refractivity contribution is 5.79. The number of imidazole rings is 1. The van der Waals surface area contributed by atoms with Gasteiger partial charge in [-0.1, -0.05) is 19.1 Å². The molecule has 35 heavy (non-hydrogen) atoms. The highest BCUT2D eigenvalue weighted by atomic mass is 16.6. The van der Waals surface area contributed by atoms with Crippen molar-refractivity contribution in [2.45, 2.75) is 51.8 Å². The summed E-state index contributed by atoms with van der Waals surface area (Å²) in [6.45, 7) is 8.84. The highest BCUT2D eigenvalue weighted by Crippen LogP contribution is 2.32. The number of hydrogen-bond acceptors (Lipinski definition) is 7. The number of aromatic nitrogens is 3. The number of aryl methyl sites for hydroxylation is 2. The molecule has 0 radical (unpaired) electrons. The third-order valence-corrected chi connectivity index (χ3v) is 6.22. The van der Waals surface area contributed by atoms with Gasteiger partial charge in [-0.3, -0.25) is 4.90 Å². The second-order valence-electron chi connectivity index (χ2n) is 10.0. The van der Waals surface area contributed by atoms with Crippen LogP contribution >= 0.6 is 0 Å². The molecule has 0 spiro atoms. The molecule has 0 saturated carbocycles. The van der Waals surface area contributed by atoms with Crippen LogP contribution in [0, 0.1) is 11.3 Å². The van der Waals surface area contributed by atoms with Crippen LogP contribution in [-0.4, -0.2) is 57.3 Å². The lowest BCUT2D eigenvalue weighted by atomic mass is 9.97. The average molecular weight is 476 g/mol. The molecule has 2 aromatic heterocycles. The molecule has 1 saturated heterocycles. The number of anilines is 2. The molecule has 1 aliphatic heterocycles. The van der Waals surface area contributed by atoms with Gasteiger partial charge in [0.05, 0.1) is 30.2 Å². The number of benzene rings is 1. The van der Waals surface area contributed by atoms with Crippen molar-refractivity contribution >= 4 is 28.6 Å². The van der Waals surface area contributed by atoms with Crippen LogP contribution in [0.15, 0.2) is 36.8 Å². The number of amides is 1. The minimum atomic E-state index is -0.535. The highest BCUT2D eigenvalue weighted by Gasteiger charge is 2.35. The van der Waals surface area contributed by atoms with Crippen molar-refractivity contribution < 1.29 is 9.53 Å². The van der Waals surface area contributed by atoms with Crippen LogP contribution in [-0.2, 0) is 18.2 Å². The SMILES string of the molecule is CCc1cc(C(C#N)N2CC(NC(=O)OC(C)(C)C)C2)ccc1N(C)c1cc2c(cn1)ncn2C. The number of carbonyl (C=O) groups is 1. The van der Waals surface area contributed by atoms with Gasteiger partial charge in [0.25, 0.3) is 0 Å². The van der Waals surface area contributed by atoms with Crippen LogP contribution in [0.4, 0.5) is 16.3 Å². The second kappa shape index (κ2) is 9.55. The number of pyridine rings is 1. The van der Waals surface area contributed by atoms with Gasteiger partial charge >= 0.3 is 6.09 Å². The van der Waals surface area contributed by atoms with Crippen molar-refractivity contribution in [1.29, 1.82) is 5.26 Å². The Morgan fingerprint density at radius 2 is 2.06 bits per heavy atom. The molecule has 1 amide bonds. The summed E-state index contributed by atoms with van der Waals surface area (Å²) in [5.74, 6) is 0.833. The predicted octanol–water partition coefficient (Wildman–Crippen LogP) is 4.07. The van der Waals surface area contributed by atoms with E-state index in [1.54, 1.807) is 12.5 Å². The Morgan fingerprint density at radius 3 is 2.71 bits per heavy atom. The molecule has 1 unspecified atom stereocenters. The fourth-order valence-electron chi connectivity index (χ4n) is 4.37. The van der Waals surface area contributed by atoms with Gasteiger partial charge in [0.1, 0.15) is 23.0 Å². The zero-order valence-corrected chi connectivity index (χ0v) is 21.2. The normalized spacial score (nSPS) is 15.3. The first-order valence-electron chi connectivity index (χ1n) is 11.9. The van der Waals surface area contributed by atoms with E-state index in [-0.39, 0.29) is 12.1 Å². The molecule has 4 rings (SSSR count). The lowest BCUT2D eigenvalue weighted by Crippen LogP contribution is -2.60. The van der Waals surface area contributed by atoms with Gasteiger partial charge in [-0.2, -0.15) is 5.26 Å². The Balaban J connectivity index is 1.47. The zero-order valence-electron chi connectivity index (χ0n) is 21.2. The number of fused-ring (bicyclic) bond motifs is 1. The average Bonchev–Trinajstić information content (AvgIpc) is 3.16. The van der Waals surface area contributed by atoms with Crippen LogP contribution in [0.2, 0.25) is 0 Å². The maximum atomic E-state index is 12.0. The van der Waals surface area contributed by atoms with E-state index >= 15 is 0 Å². The Hall–Kier alpha value is -3.64. The molecule has 1 aliphatic rings. The van der Waals surface area contributed by atoms with Crippen LogP contribution in [0.1, 0.15) is 44.9 Å². The van der Waals surface area contributed by atoms with Crippen molar-refractivity contribution in [3.63, 3.8) is 0 Å². The summed E-state index contributed by atoms with van der Waals surface area (Å²) in [5.41, 5.74) is 4.49. The minimum Gasteiger partial charge on any atom is -0.444 e. The molecule has 1 aromatic carbocycles. The number of nitriles is 1. The Bertz CT molecular complexity index is 1260. The van der Waals surface area contributed by atoms with E-state index in [9.17, 15) is 10.1 Å². The monoisotopic (exact) mass is 475 g/mol. The smallest absolute Gasteiger partial charge is 0.407 e. The van der Waals surface area contributed by atoms with Crippen LogP contribution in [0.5, 0.6) is 0 Å². The van der Waals surface area contributed by atoms with Gasteiger partial charge < -0.3 is 19.5 Å². The topological polar surface area (TPSA) is 99.3 Å². The molecule has 0 bridgehead atoms. The van der Waals surface area contributed by atoms with E-state index in [1.807, 2.05) is 51.6 Å². The Labute approximate surface area is 206 Å². The molecule has 1 N–H and O–H groups in total. The predicted molar refractivity (Wildman–Crippen MR) is 135 cm³/mol. The number of likely N-dealkylation sites (tertiary alicyclic amines) is 1. The van der Waals surface area contributed by atoms with E-state index in [0.29, 0.717) is 13.1 Å². The fraction of sp³-hybridized carbons (Fsp3) is 0.462. The molecule has 3 aromatic rings. The van der Waals surface area contributed by atoms with Gasteiger partial charge in [-0.25, -0.2) is 14.8 Å². The lowest BCUT2D eigenvalue weighted by Gasteiger charge is -2.42. The lowest BCUT2D eigenvalue weighted by molar-refractivity contribution is 0.0367. The van der Waals surface area contributed by atoms with E-state index in [1.165, 1.54) is 0 Å². The van der Waals surface area contributed by atoms with Gasteiger partial charge in [0, 0.05) is 38.9 Å². The number of carbonyl (C=O) groups excluding carboxylic acids is 1. The molecule has 0 aliphatic carbocycles. The van der Waals surface area contributed by atoms with Crippen molar-refractivity contribution in [3.8, 4) is 6.07 Å². The quantitative estimate of drug-likeness (QED) is 0.574. The first-order chi connectivity index (χ1) is 16.6. The summed E-state index contributed by atoms with van der Waals surface area (Å²) in [6, 6.07) is 10.2. The molecule has 1 atom stereocenters. The first-order valence-corrected chi connectivity index (χ1v) is 11.9. The molecule has 1 fully saturated rings. The summed E-state index contributed by atoms with van der Waals surface area (Å²) in [5, 5.41) is 12.8. The number of ether oxygens (including phenoxy) is 1. The summed E-state index contributed by atoms with van der Waals surface area (Å²) >= 11 is 0. The fourth-order valence-corrected chi connectivity index (χ4v) is 4.37. The number of alkyl carbamates (subject to hydrolysis) is 1. The largest absolute Gasteiger partial charge is 0.444 e. The second-order valence-corrected chi connectivity index (χ2v) is 10.0. The maximum absolute atomic E-state index is 12.0. The van der Waals surface area contributed by atoms with Gasteiger partial charge in [0.2, 0.25) is 0 Å². The van der Waals surface area contributed by atoms with Gasteiger partial charge in [-0.15, -0.1) is 0 Å². The van der Waals surface area contributed by atoms with Crippen molar-refractivity contribution in [2.24, 2.45) is 7.05 Å². The van der Waals surface area contributed by atoms with Gasteiger partial charge in [-0.05, 0) is 44.4 Å². The van der Waals surface area contributed by atoms with E-state index < -0.39 is 11.7 Å². The number of nitrogens with one attached hydrogen (secondary N) is 1. The first kappa shape index (κ1) is 24.5. The number of rotatable bonds is 6. The van der Waals surface area contributed by atoms with E-state index in [4.69, 9.17) is 4.74 Å². The molecule has 184 valence electrons. The van der Waals surface area contributed by atoms with Crippen LogP contribution in [0.3, 0.4) is 0 Å². The Morgan fingerprint density at radius 1 is 1.31 bits per heavy atom. The third-order valence-electron chi connectivity index (χ3n) is 6.22.